The largest absolute Gasteiger partial charge is 0.512 e. The van der Waals surface area contributed by atoms with Gasteiger partial charge in [-0.15, -0.1) is 11.3 Å². The van der Waals surface area contributed by atoms with Crippen molar-refractivity contribution in [1.82, 2.24) is 9.97 Å². The Bertz CT molecular complexity index is 1340. The van der Waals surface area contributed by atoms with Gasteiger partial charge in [0.25, 0.3) is 0 Å². The number of aromatic amines is 1. The molecule has 0 saturated heterocycles. The molecule has 0 saturated carbocycles. The number of nitrogens with zero attached hydrogens (tertiary/aromatic N) is 1. The molecule has 0 radical (unpaired) electrons. The Balaban J connectivity index is 1.89. The summed E-state index contributed by atoms with van der Waals surface area (Å²) < 4.78 is 6.42. The van der Waals surface area contributed by atoms with Crippen LogP contribution in [-0.2, 0) is 4.79 Å². The number of ketones is 1. The van der Waals surface area contributed by atoms with Crippen molar-refractivity contribution >= 4 is 43.8 Å². The number of Topliss-reactive ketones (excluding diaryl/α,β-unsaturated/α-hetero) is 1. The minimum atomic E-state index is -0.257. The number of H-pyrrole nitrogens is 1. The van der Waals surface area contributed by atoms with Gasteiger partial charge in [-0.2, -0.15) is 0 Å². The Morgan fingerprint density at radius 1 is 1.20 bits per heavy atom. The van der Waals surface area contributed by atoms with Crippen LogP contribution in [0.3, 0.4) is 0 Å². The van der Waals surface area contributed by atoms with Crippen molar-refractivity contribution in [3.8, 4) is 17.0 Å². The highest BCUT2D eigenvalue weighted by atomic mass is 32.1. The average Bonchev–Trinajstić information content (AvgIpc) is 3.31. The first-order valence-corrected chi connectivity index (χ1v) is 10.7. The van der Waals surface area contributed by atoms with Gasteiger partial charge in [0.1, 0.15) is 11.5 Å². The summed E-state index contributed by atoms with van der Waals surface area (Å²) >= 11 is 1.54. The maximum Gasteiger partial charge on any atom is 0.167 e. The van der Waals surface area contributed by atoms with Crippen LogP contribution >= 0.6 is 11.3 Å². The molecule has 0 bridgehead atoms. The lowest BCUT2D eigenvalue weighted by Gasteiger charge is -2.30. The van der Waals surface area contributed by atoms with E-state index in [2.05, 4.69) is 9.97 Å². The molecule has 2 aromatic heterocycles. The second-order valence-electron chi connectivity index (χ2n) is 8.56. The molecular weight excluding hydrogens is 396 g/mol. The van der Waals surface area contributed by atoms with Crippen LogP contribution in [0.15, 0.2) is 47.7 Å². The third-order valence-corrected chi connectivity index (χ3v) is 6.58. The summed E-state index contributed by atoms with van der Waals surface area (Å²) in [4.78, 5) is 21.2. The van der Waals surface area contributed by atoms with Gasteiger partial charge in [-0.25, -0.2) is 4.98 Å². The lowest BCUT2D eigenvalue weighted by Crippen LogP contribution is -2.25. The molecule has 0 aliphatic heterocycles. The standard InChI is InChI=1S/C24H22N2O3S/c1-24(2)10-17(27)20(18(28)11-24)21-19-15(7-8-16-23(19)30-12-25-16)26-22(21)13-5-4-6-14(9-13)29-3/h4-9,12,26-27H,10-11H2,1-3H3. The number of aliphatic hydroxyl groups is 1. The smallest absolute Gasteiger partial charge is 0.167 e. The van der Waals surface area contributed by atoms with Crippen LogP contribution in [0.4, 0.5) is 0 Å². The van der Waals surface area contributed by atoms with Gasteiger partial charge in [0.05, 0.1) is 34.1 Å². The van der Waals surface area contributed by atoms with Crippen LogP contribution in [0.25, 0.3) is 38.0 Å². The molecule has 0 amide bonds. The Labute approximate surface area is 178 Å². The Kier molecular flexibility index (Phi) is 4.22. The van der Waals surface area contributed by atoms with Crippen molar-refractivity contribution in [2.45, 2.75) is 26.7 Å². The summed E-state index contributed by atoms with van der Waals surface area (Å²) in [6.07, 6.45) is 0.867. The number of aromatic nitrogens is 2. The number of benzene rings is 2. The lowest BCUT2D eigenvalue weighted by molar-refractivity contribution is -0.116. The minimum absolute atomic E-state index is 0.0321. The number of methoxy groups -OCH3 is 1. The van der Waals surface area contributed by atoms with Crippen LogP contribution in [-0.4, -0.2) is 28.0 Å². The summed E-state index contributed by atoms with van der Waals surface area (Å²) in [5.41, 5.74) is 6.23. The average molecular weight is 419 g/mol. The van der Waals surface area contributed by atoms with E-state index in [0.29, 0.717) is 18.4 Å². The highest BCUT2D eigenvalue weighted by Crippen LogP contribution is 2.46. The monoisotopic (exact) mass is 418 g/mol. The number of nitrogens with one attached hydrogen (secondary N) is 1. The second-order valence-corrected chi connectivity index (χ2v) is 9.41. The van der Waals surface area contributed by atoms with Crippen molar-refractivity contribution < 1.29 is 14.6 Å². The molecule has 2 aromatic carbocycles. The molecule has 30 heavy (non-hydrogen) atoms. The zero-order valence-corrected chi connectivity index (χ0v) is 17.9. The molecule has 2 N–H and O–H groups in total. The summed E-state index contributed by atoms with van der Waals surface area (Å²) in [6.45, 7) is 4.02. The number of carbonyl (C=O) groups excluding carboxylic acids is 1. The fourth-order valence-corrected chi connectivity index (χ4v) is 5.26. The van der Waals surface area contributed by atoms with Gasteiger partial charge < -0.3 is 14.8 Å². The van der Waals surface area contributed by atoms with E-state index in [4.69, 9.17) is 4.74 Å². The van der Waals surface area contributed by atoms with Crippen molar-refractivity contribution in [2.24, 2.45) is 5.41 Å². The van der Waals surface area contributed by atoms with Gasteiger partial charge >= 0.3 is 0 Å². The van der Waals surface area contributed by atoms with Crippen LogP contribution in [0.2, 0.25) is 0 Å². The summed E-state index contributed by atoms with van der Waals surface area (Å²) in [6, 6.07) is 11.7. The molecule has 152 valence electrons. The van der Waals surface area contributed by atoms with E-state index in [-0.39, 0.29) is 17.0 Å². The van der Waals surface area contributed by atoms with E-state index in [0.717, 1.165) is 43.7 Å². The van der Waals surface area contributed by atoms with Crippen molar-refractivity contribution in [3.05, 3.63) is 53.2 Å². The van der Waals surface area contributed by atoms with Crippen LogP contribution in [0.1, 0.15) is 32.3 Å². The minimum Gasteiger partial charge on any atom is -0.512 e. The fourth-order valence-electron chi connectivity index (χ4n) is 4.42. The zero-order chi connectivity index (χ0) is 21.0. The predicted molar refractivity (Wildman–Crippen MR) is 121 cm³/mol. The van der Waals surface area contributed by atoms with E-state index in [1.807, 2.05) is 55.8 Å². The fraction of sp³-hybridized carbons (Fsp3) is 0.250. The van der Waals surface area contributed by atoms with Gasteiger partial charge in [0, 0.05) is 34.9 Å². The van der Waals surface area contributed by atoms with Crippen molar-refractivity contribution in [1.29, 1.82) is 0 Å². The van der Waals surface area contributed by atoms with E-state index in [1.54, 1.807) is 18.4 Å². The quantitative estimate of drug-likeness (QED) is 0.421. The Morgan fingerprint density at radius 2 is 2.03 bits per heavy atom. The van der Waals surface area contributed by atoms with Gasteiger partial charge in [-0.1, -0.05) is 26.0 Å². The lowest BCUT2D eigenvalue weighted by atomic mass is 9.74. The Morgan fingerprint density at radius 3 is 2.80 bits per heavy atom. The third-order valence-electron chi connectivity index (χ3n) is 5.72. The molecule has 5 nitrogen and oxygen atoms in total. The molecule has 0 atom stereocenters. The number of fused-ring (bicyclic) bond motifs is 3. The van der Waals surface area contributed by atoms with Crippen LogP contribution in [0.5, 0.6) is 5.75 Å². The molecular formula is C24H22N2O3S. The van der Waals surface area contributed by atoms with Gasteiger partial charge in [-0.05, 0) is 29.7 Å². The molecule has 0 unspecified atom stereocenters. The number of hydrogen-bond acceptors (Lipinski definition) is 5. The molecule has 0 fully saturated rings. The number of rotatable bonds is 3. The number of carbonyl (C=O) groups is 1. The Hall–Kier alpha value is -3.12. The van der Waals surface area contributed by atoms with Gasteiger partial charge in [0.15, 0.2) is 5.78 Å². The van der Waals surface area contributed by atoms with E-state index in [9.17, 15) is 9.90 Å². The number of allylic oxidation sites excluding steroid dienone is 2. The number of aliphatic hydroxyl groups excluding tert-OH is 1. The van der Waals surface area contributed by atoms with Crippen LogP contribution < -0.4 is 4.74 Å². The normalized spacial score (nSPS) is 16.6. The van der Waals surface area contributed by atoms with Crippen molar-refractivity contribution in [2.75, 3.05) is 7.11 Å². The molecule has 2 heterocycles. The molecule has 5 rings (SSSR count). The maximum atomic E-state index is 13.3. The number of ether oxygens (including phenoxy) is 1. The summed E-state index contributed by atoms with van der Waals surface area (Å²) in [7, 11) is 1.63. The summed E-state index contributed by atoms with van der Waals surface area (Å²) in [5, 5.41) is 11.9. The molecule has 1 aliphatic rings. The third kappa shape index (κ3) is 2.91. The van der Waals surface area contributed by atoms with E-state index in [1.165, 1.54) is 0 Å². The first kappa shape index (κ1) is 18.9. The maximum absolute atomic E-state index is 13.3. The van der Waals surface area contributed by atoms with E-state index < -0.39 is 0 Å². The van der Waals surface area contributed by atoms with Crippen LogP contribution in [0, 0.1) is 5.41 Å². The summed E-state index contributed by atoms with van der Waals surface area (Å²) in [5.74, 6) is 0.854. The van der Waals surface area contributed by atoms with Crippen molar-refractivity contribution in [3.63, 3.8) is 0 Å². The molecule has 6 heteroatoms. The second kappa shape index (κ2) is 6.71. The molecule has 0 spiro atoms. The topological polar surface area (TPSA) is 75.2 Å². The predicted octanol–water partition coefficient (Wildman–Crippen LogP) is 6.11. The highest BCUT2D eigenvalue weighted by molar-refractivity contribution is 7.17. The first-order chi connectivity index (χ1) is 14.4. The zero-order valence-electron chi connectivity index (χ0n) is 17.1. The number of hydrogen-bond donors (Lipinski definition) is 2. The molecule has 4 aromatic rings. The van der Waals surface area contributed by atoms with E-state index >= 15 is 0 Å². The van der Waals surface area contributed by atoms with Gasteiger partial charge in [-0.3, -0.25) is 4.79 Å². The first-order valence-electron chi connectivity index (χ1n) is 9.86. The molecule has 1 aliphatic carbocycles. The SMILES string of the molecule is COc1cccc(-c2[nH]c3ccc4ncsc4c3c2C2=C(O)CC(C)(C)CC2=O)c1. The number of thiazole rings is 1. The highest BCUT2D eigenvalue weighted by Gasteiger charge is 2.36. The van der Waals surface area contributed by atoms with Gasteiger partial charge in [0.2, 0.25) is 0 Å².